The summed E-state index contributed by atoms with van der Waals surface area (Å²) < 4.78 is 22.4. The minimum absolute atomic E-state index is 0.0238. The van der Waals surface area contributed by atoms with Crippen LogP contribution in [-0.4, -0.2) is 52.5 Å². The van der Waals surface area contributed by atoms with Crippen molar-refractivity contribution in [2.24, 2.45) is 5.73 Å². The van der Waals surface area contributed by atoms with Crippen molar-refractivity contribution in [1.29, 1.82) is 5.41 Å². The first kappa shape index (κ1) is 37.7. The van der Waals surface area contributed by atoms with Gasteiger partial charge in [-0.15, -0.1) is 0 Å². The number of fused-ring (bicyclic) bond motifs is 2. The molecule has 12 nitrogen and oxygen atoms in total. The van der Waals surface area contributed by atoms with Crippen LogP contribution in [0.1, 0.15) is 130 Å². The average molecular weight is 666 g/mol. The van der Waals surface area contributed by atoms with Gasteiger partial charge in [0, 0.05) is 11.1 Å². The zero-order valence-corrected chi connectivity index (χ0v) is 29.3. The number of amidine groups is 1. The first-order valence-electron chi connectivity index (χ1n) is 15.9. The van der Waals surface area contributed by atoms with E-state index in [0.29, 0.717) is 42.4 Å². The highest BCUT2D eigenvalue weighted by Crippen LogP contribution is 2.34. The van der Waals surface area contributed by atoms with E-state index in [1.165, 1.54) is 24.3 Å². The molecular formula is C36H47N3O9. The lowest BCUT2D eigenvalue weighted by Crippen LogP contribution is -2.36. The third kappa shape index (κ3) is 10.9. The van der Waals surface area contributed by atoms with Gasteiger partial charge >= 0.3 is 24.0 Å². The van der Waals surface area contributed by atoms with Gasteiger partial charge < -0.3 is 24.7 Å². The van der Waals surface area contributed by atoms with Gasteiger partial charge in [-0.25, -0.2) is 9.59 Å². The average Bonchev–Trinajstić information content (AvgIpc) is 2.90. The molecular weight excluding hydrogens is 618 g/mol. The molecule has 2 aromatic carbocycles. The summed E-state index contributed by atoms with van der Waals surface area (Å²) in [5.74, 6) is -4.38. The fourth-order valence-corrected chi connectivity index (χ4v) is 5.12. The Morgan fingerprint density at radius 3 is 1.96 bits per heavy atom. The highest BCUT2D eigenvalue weighted by atomic mass is 16.6. The number of hydrogen-bond acceptors (Lipinski definition) is 10. The van der Waals surface area contributed by atoms with Gasteiger partial charge in [-0.05, 0) is 135 Å². The Hall–Kier alpha value is -4.74. The third-order valence-electron chi connectivity index (χ3n) is 6.92. The van der Waals surface area contributed by atoms with Gasteiger partial charge in [0.15, 0.2) is 0 Å². The molecule has 1 aliphatic heterocycles. The SMILES string of the molecule is CC(C)(C)OC(=O)C[C@H](C(=O)OC(C)(C)C)c1cc(C(N)=O)cc2c1C(=O)Oc1ccc(C(=N)NC(=O)OC(C)(C)C)cc1CCCC2. The van der Waals surface area contributed by atoms with E-state index in [4.69, 9.17) is 30.1 Å². The number of aryl methyl sites for hydroxylation is 2. The first-order chi connectivity index (χ1) is 22.0. The molecule has 0 radical (unpaired) electrons. The van der Waals surface area contributed by atoms with Crippen LogP contribution in [0.15, 0.2) is 30.3 Å². The zero-order chi connectivity index (χ0) is 36.2. The molecule has 48 heavy (non-hydrogen) atoms. The van der Waals surface area contributed by atoms with Crippen LogP contribution < -0.4 is 15.8 Å². The largest absolute Gasteiger partial charge is 0.460 e. The number of esters is 3. The Kier molecular flexibility index (Phi) is 11.5. The van der Waals surface area contributed by atoms with Crippen molar-refractivity contribution in [1.82, 2.24) is 5.32 Å². The highest BCUT2D eigenvalue weighted by Gasteiger charge is 2.36. The van der Waals surface area contributed by atoms with Crippen LogP contribution in [-0.2, 0) is 36.6 Å². The normalized spacial score (nSPS) is 14.3. The summed E-state index contributed by atoms with van der Waals surface area (Å²) >= 11 is 0. The zero-order valence-electron chi connectivity index (χ0n) is 29.3. The number of nitrogens with one attached hydrogen (secondary N) is 2. The van der Waals surface area contributed by atoms with Crippen LogP contribution in [0, 0.1) is 5.41 Å². The van der Waals surface area contributed by atoms with Crippen LogP contribution >= 0.6 is 0 Å². The molecule has 0 saturated heterocycles. The molecule has 1 heterocycles. The molecule has 2 aromatic rings. The second-order valence-corrected chi connectivity index (χ2v) is 14.8. The summed E-state index contributed by atoms with van der Waals surface area (Å²) in [5, 5.41) is 10.8. The van der Waals surface area contributed by atoms with Crippen LogP contribution in [0.2, 0.25) is 0 Å². The van der Waals surface area contributed by atoms with E-state index in [-0.39, 0.29) is 28.3 Å². The molecule has 0 unspecified atom stereocenters. The molecule has 12 heteroatoms. The van der Waals surface area contributed by atoms with Crippen molar-refractivity contribution in [2.45, 2.75) is 117 Å². The van der Waals surface area contributed by atoms with Crippen molar-refractivity contribution in [3.05, 3.63) is 63.7 Å². The van der Waals surface area contributed by atoms with Crippen LogP contribution in [0.5, 0.6) is 5.75 Å². The van der Waals surface area contributed by atoms with E-state index in [2.05, 4.69) is 5.32 Å². The van der Waals surface area contributed by atoms with Crippen molar-refractivity contribution >= 4 is 35.7 Å². The Morgan fingerprint density at radius 2 is 1.40 bits per heavy atom. The van der Waals surface area contributed by atoms with E-state index >= 15 is 0 Å². The molecule has 4 N–H and O–H groups in total. The molecule has 2 amide bonds. The van der Waals surface area contributed by atoms with Crippen LogP contribution in [0.4, 0.5) is 4.79 Å². The first-order valence-corrected chi connectivity index (χ1v) is 15.9. The summed E-state index contributed by atoms with van der Waals surface area (Å²) in [6, 6.07) is 7.56. The Labute approximate surface area is 281 Å². The summed E-state index contributed by atoms with van der Waals surface area (Å²) in [4.78, 5) is 65.6. The number of alkyl carbamates (subject to hydrolysis) is 1. The highest BCUT2D eigenvalue weighted by molar-refractivity contribution is 6.05. The second kappa shape index (κ2) is 14.6. The number of hydrogen-bond donors (Lipinski definition) is 3. The minimum Gasteiger partial charge on any atom is -0.460 e. The Morgan fingerprint density at radius 1 is 0.833 bits per heavy atom. The topological polar surface area (TPSA) is 184 Å². The predicted molar refractivity (Wildman–Crippen MR) is 178 cm³/mol. The van der Waals surface area contributed by atoms with Gasteiger partial charge in [-0.2, -0.15) is 0 Å². The summed E-state index contributed by atoms with van der Waals surface area (Å²) in [6.45, 7) is 15.3. The number of nitrogens with two attached hydrogens (primary N) is 1. The van der Waals surface area contributed by atoms with E-state index in [9.17, 15) is 24.0 Å². The van der Waals surface area contributed by atoms with Crippen molar-refractivity contribution < 1.29 is 42.9 Å². The number of amides is 2. The number of carbonyl (C=O) groups is 5. The number of rotatable bonds is 6. The fourth-order valence-electron chi connectivity index (χ4n) is 5.12. The van der Waals surface area contributed by atoms with Gasteiger partial charge in [-0.1, -0.05) is 0 Å². The van der Waals surface area contributed by atoms with E-state index in [1.54, 1.807) is 68.4 Å². The summed E-state index contributed by atoms with van der Waals surface area (Å²) in [7, 11) is 0. The molecule has 0 aliphatic carbocycles. The lowest BCUT2D eigenvalue weighted by molar-refractivity contribution is -0.164. The molecule has 0 saturated carbocycles. The van der Waals surface area contributed by atoms with Gasteiger partial charge in [0.1, 0.15) is 28.4 Å². The molecule has 0 aromatic heterocycles. The quantitative estimate of drug-likeness (QED) is 0.111. The Bertz CT molecular complexity index is 1610. The predicted octanol–water partition coefficient (Wildman–Crippen LogP) is 5.89. The third-order valence-corrected chi connectivity index (χ3v) is 6.92. The second-order valence-electron chi connectivity index (χ2n) is 14.8. The number of benzene rings is 2. The number of ether oxygens (including phenoxy) is 4. The molecule has 3 rings (SSSR count). The van der Waals surface area contributed by atoms with Crippen molar-refractivity contribution in [3.8, 4) is 5.75 Å². The maximum atomic E-state index is 14.1. The van der Waals surface area contributed by atoms with Gasteiger partial charge in [-0.3, -0.25) is 25.1 Å². The smallest absolute Gasteiger partial charge is 0.413 e. The van der Waals surface area contributed by atoms with Gasteiger partial charge in [0.25, 0.3) is 0 Å². The maximum absolute atomic E-state index is 14.1. The molecule has 0 bridgehead atoms. The maximum Gasteiger partial charge on any atom is 0.413 e. The van der Waals surface area contributed by atoms with E-state index < -0.39 is 59.1 Å². The molecule has 0 spiro atoms. The summed E-state index contributed by atoms with van der Waals surface area (Å²) in [6.07, 6.45) is 0.765. The molecule has 1 aliphatic rings. The molecule has 1 atom stereocenters. The molecule has 0 fully saturated rings. The fraction of sp³-hybridized carbons (Fsp3) is 0.500. The lowest BCUT2D eigenvalue weighted by Gasteiger charge is -2.27. The monoisotopic (exact) mass is 665 g/mol. The van der Waals surface area contributed by atoms with Crippen LogP contribution in [0.3, 0.4) is 0 Å². The number of carbonyl (C=O) groups excluding carboxylic acids is 5. The molecule has 260 valence electrons. The van der Waals surface area contributed by atoms with E-state index in [1.807, 2.05) is 0 Å². The summed E-state index contributed by atoms with van der Waals surface area (Å²) in [5.41, 5.74) is 4.74. The van der Waals surface area contributed by atoms with E-state index in [0.717, 1.165) is 0 Å². The van der Waals surface area contributed by atoms with Crippen molar-refractivity contribution in [3.63, 3.8) is 0 Å². The standard InChI is InChI=1S/C36H47N3O9/c1-34(2,3)46-27(40)19-25(31(42)47-35(4,5)6)24-18-23(30(38)41)17-21-13-11-10-12-20-16-22(14-15-26(20)45-32(43)28(21)24)29(37)39-33(44)48-36(7,8)9/h14-18,25H,10-13,19H2,1-9H3,(H2,38,41)(H2,37,39,44)/t25-/m0/s1. The lowest BCUT2D eigenvalue weighted by atomic mass is 9.85. The van der Waals surface area contributed by atoms with Gasteiger partial charge in [0.05, 0.1) is 17.9 Å². The van der Waals surface area contributed by atoms with Gasteiger partial charge in [0.2, 0.25) is 5.91 Å². The van der Waals surface area contributed by atoms with Crippen molar-refractivity contribution in [2.75, 3.05) is 0 Å². The number of primary amides is 1. The van der Waals surface area contributed by atoms with Crippen LogP contribution in [0.25, 0.3) is 0 Å². The Balaban J connectivity index is 2.11. The minimum atomic E-state index is -1.33.